The molecule has 2 fully saturated rings. The molecule has 1 saturated carbocycles. The van der Waals surface area contributed by atoms with Crippen molar-refractivity contribution < 1.29 is 4.79 Å². The first-order valence-electron chi connectivity index (χ1n) is 7.29. The molecule has 3 rings (SSSR count). The molecule has 1 unspecified atom stereocenters. The Labute approximate surface area is 115 Å². The van der Waals surface area contributed by atoms with Crippen LogP contribution in [0.4, 0.5) is 0 Å². The highest BCUT2D eigenvalue weighted by atomic mass is 16.2. The van der Waals surface area contributed by atoms with Gasteiger partial charge in [0.05, 0.1) is 5.54 Å². The number of carbonyl (C=O) groups excluding carboxylic acids is 1. The monoisotopic (exact) mass is 258 g/mol. The summed E-state index contributed by atoms with van der Waals surface area (Å²) >= 11 is 0. The normalized spacial score (nSPS) is 26.4. The van der Waals surface area contributed by atoms with Crippen molar-refractivity contribution in [1.82, 2.24) is 10.2 Å². The van der Waals surface area contributed by atoms with Gasteiger partial charge in [0.1, 0.15) is 0 Å². The zero-order valence-electron chi connectivity index (χ0n) is 11.6. The molecular weight excluding hydrogens is 236 g/mol. The number of hydrogen-bond donors (Lipinski definition) is 1. The van der Waals surface area contributed by atoms with E-state index in [1.54, 1.807) is 0 Å². The summed E-state index contributed by atoms with van der Waals surface area (Å²) in [7, 11) is 0. The van der Waals surface area contributed by atoms with Gasteiger partial charge in [-0.2, -0.15) is 0 Å². The van der Waals surface area contributed by atoms with Crippen LogP contribution in [0, 0.1) is 0 Å². The van der Waals surface area contributed by atoms with Gasteiger partial charge in [-0.1, -0.05) is 30.3 Å². The van der Waals surface area contributed by atoms with Crippen LogP contribution in [0.25, 0.3) is 0 Å². The molecule has 1 aromatic carbocycles. The Bertz CT molecular complexity index is 447. The van der Waals surface area contributed by atoms with Gasteiger partial charge in [-0.15, -0.1) is 0 Å². The van der Waals surface area contributed by atoms with E-state index in [2.05, 4.69) is 29.3 Å². The SMILES string of the molecule is CC1(C(=O)N(Cc2ccccc2)C2CC2)CCCN1. The van der Waals surface area contributed by atoms with Crippen molar-refractivity contribution in [3.05, 3.63) is 35.9 Å². The van der Waals surface area contributed by atoms with Crippen molar-refractivity contribution in [2.45, 2.75) is 50.7 Å². The molecule has 1 heterocycles. The summed E-state index contributed by atoms with van der Waals surface area (Å²) in [6.45, 7) is 3.77. The third kappa shape index (κ3) is 2.66. The van der Waals surface area contributed by atoms with Crippen LogP contribution in [0.15, 0.2) is 30.3 Å². The van der Waals surface area contributed by atoms with Crippen molar-refractivity contribution in [2.75, 3.05) is 6.54 Å². The molecule has 19 heavy (non-hydrogen) atoms. The maximum absolute atomic E-state index is 12.8. The molecular formula is C16H22N2O. The standard InChI is InChI=1S/C16H22N2O/c1-16(10-5-11-17-16)15(19)18(14-8-9-14)12-13-6-3-2-4-7-13/h2-4,6-7,14,17H,5,8-12H2,1H3. The summed E-state index contributed by atoms with van der Waals surface area (Å²) in [5.74, 6) is 0.288. The predicted octanol–water partition coefficient (Wildman–Crippen LogP) is 2.32. The van der Waals surface area contributed by atoms with E-state index >= 15 is 0 Å². The predicted molar refractivity (Wildman–Crippen MR) is 75.7 cm³/mol. The van der Waals surface area contributed by atoms with Crippen LogP contribution < -0.4 is 5.32 Å². The summed E-state index contributed by atoms with van der Waals surface area (Å²) in [5, 5.41) is 3.39. The molecule has 1 amide bonds. The van der Waals surface area contributed by atoms with E-state index in [4.69, 9.17) is 0 Å². The summed E-state index contributed by atoms with van der Waals surface area (Å²) in [5.41, 5.74) is 0.890. The molecule has 1 atom stereocenters. The fraction of sp³-hybridized carbons (Fsp3) is 0.562. The van der Waals surface area contributed by atoms with E-state index in [-0.39, 0.29) is 11.4 Å². The van der Waals surface area contributed by atoms with Gasteiger partial charge < -0.3 is 10.2 Å². The lowest BCUT2D eigenvalue weighted by atomic mass is 9.98. The number of benzene rings is 1. The van der Waals surface area contributed by atoms with Crippen LogP contribution in [-0.4, -0.2) is 28.9 Å². The van der Waals surface area contributed by atoms with Crippen molar-refractivity contribution >= 4 is 5.91 Å². The topological polar surface area (TPSA) is 32.3 Å². The van der Waals surface area contributed by atoms with Crippen molar-refractivity contribution in [2.24, 2.45) is 0 Å². The second-order valence-corrected chi connectivity index (χ2v) is 6.01. The summed E-state index contributed by atoms with van der Waals surface area (Å²) in [6.07, 6.45) is 4.39. The highest BCUT2D eigenvalue weighted by Gasteiger charge is 2.43. The van der Waals surface area contributed by atoms with Crippen molar-refractivity contribution in [3.63, 3.8) is 0 Å². The largest absolute Gasteiger partial charge is 0.334 e. The lowest BCUT2D eigenvalue weighted by Crippen LogP contribution is -2.53. The average Bonchev–Trinajstić information content (AvgIpc) is 3.18. The summed E-state index contributed by atoms with van der Waals surface area (Å²) in [4.78, 5) is 14.9. The zero-order chi connectivity index (χ0) is 13.3. The van der Waals surface area contributed by atoms with Gasteiger partial charge >= 0.3 is 0 Å². The Kier molecular flexibility index (Phi) is 3.31. The van der Waals surface area contributed by atoms with E-state index in [9.17, 15) is 4.79 Å². The molecule has 1 aliphatic heterocycles. The first kappa shape index (κ1) is 12.7. The van der Waals surface area contributed by atoms with Crippen LogP contribution >= 0.6 is 0 Å². The highest BCUT2D eigenvalue weighted by molar-refractivity contribution is 5.86. The number of nitrogens with zero attached hydrogens (tertiary/aromatic N) is 1. The van der Waals surface area contributed by atoms with E-state index < -0.39 is 0 Å². The molecule has 1 saturated heterocycles. The Morgan fingerprint density at radius 1 is 1.37 bits per heavy atom. The van der Waals surface area contributed by atoms with Crippen LogP contribution in [0.1, 0.15) is 38.2 Å². The Hall–Kier alpha value is -1.35. The molecule has 1 aromatic rings. The van der Waals surface area contributed by atoms with Crippen LogP contribution in [0.5, 0.6) is 0 Å². The first-order valence-corrected chi connectivity index (χ1v) is 7.29. The fourth-order valence-corrected chi connectivity index (χ4v) is 2.93. The number of carbonyl (C=O) groups is 1. The second-order valence-electron chi connectivity index (χ2n) is 6.01. The number of rotatable bonds is 4. The molecule has 0 aromatic heterocycles. The average molecular weight is 258 g/mol. The fourth-order valence-electron chi connectivity index (χ4n) is 2.93. The third-order valence-electron chi connectivity index (χ3n) is 4.28. The first-order chi connectivity index (χ1) is 9.19. The van der Waals surface area contributed by atoms with Gasteiger partial charge in [-0.3, -0.25) is 4.79 Å². The zero-order valence-corrected chi connectivity index (χ0v) is 11.6. The Morgan fingerprint density at radius 2 is 2.11 bits per heavy atom. The molecule has 3 nitrogen and oxygen atoms in total. The maximum atomic E-state index is 12.8. The lowest BCUT2D eigenvalue weighted by Gasteiger charge is -2.32. The van der Waals surface area contributed by atoms with E-state index in [1.165, 1.54) is 5.56 Å². The Balaban J connectivity index is 1.76. The lowest BCUT2D eigenvalue weighted by molar-refractivity contribution is -0.138. The second kappa shape index (κ2) is 4.97. The Morgan fingerprint density at radius 3 is 2.68 bits per heavy atom. The van der Waals surface area contributed by atoms with Gasteiger partial charge in [0.25, 0.3) is 0 Å². The number of nitrogens with one attached hydrogen (secondary N) is 1. The van der Waals surface area contributed by atoms with Gasteiger partial charge in [0.2, 0.25) is 5.91 Å². The van der Waals surface area contributed by atoms with Crippen molar-refractivity contribution in [3.8, 4) is 0 Å². The molecule has 102 valence electrons. The molecule has 0 spiro atoms. The summed E-state index contributed by atoms with van der Waals surface area (Å²) in [6, 6.07) is 10.8. The minimum absolute atomic E-state index is 0.288. The third-order valence-corrected chi connectivity index (χ3v) is 4.28. The van der Waals surface area contributed by atoms with Crippen LogP contribution in [-0.2, 0) is 11.3 Å². The van der Waals surface area contributed by atoms with Gasteiger partial charge in [0.15, 0.2) is 0 Å². The van der Waals surface area contributed by atoms with Gasteiger partial charge in [0, 0.05) is 12.6 Å². The molecule has 3 heteroatoms. The summed E-state index contributed by atoms with van der Waals surface area (Å²) < 4.78 is 0. The van der Waals surface area contributed by atoms with Crippen LogP contribution in [0.3, 0.4) is 0 Å². The number of hydrogen-bond acceptors (Lipinski definition) is 2. The molecule has 0 radical (unpaired) electrons. The van der Waals surface area contributed by atoms with Gasteiger partial charge in [-0.25, -0.2) is 0 Å². The number of amides is 1. The minimum atomic E-state index is -0.336. The van der Waals surface area contributed by atoms with Gasteiger partial charge in [-0.05, 0) is 44.7 Å². The van der Waals surface area contributed by atoms with Crippen LogP contribution in [0.2, 0.25) is 0 Å². The molecule has 0 bridgehead atoms. The molecule has 2 aliphatic rings. The smallest absolute Gasteiger partial charge is 0.243 e. The van der Waals surface area contributed by atoms with E-state index in [0.717, 1.165) is 38.8 Å². The maximum Gasteiger partial charge on any atom is 0.243 e. The van der Waals surface area contributed by atoms with E-state index in [0.29, 0.717) is 6.04 Å². The molecule has 1 aliphatic carbocycles. The highest BCUT2D eigenvalue weighted by Crippen LogP contribution is 2.32. The van der Waals surface area contributed by atoms with Crippen molar-refractivity contribution in [1.29, 1.82) is 0 Å². The molecule has 1 N–H and O–H groups in total. The minimum Gasteiger partial charge on any atom is -0.334 e. The quantitative estimate of drug-likeness (QED) is 0.899. The van der Waals surface area contributed by atoms with E-state index in [1.807, 2.05) is 18.2 Å².